The maximum absolute atomic E-state index is 12.9. The molecule has 1 aromatic rings. The highest BCUT2D eigenvalue weighted by atomic mass is 32.1. The van der Waals surface area contributed by atoms with Crippen molar-refractivity contribution >= 4 is 26.4 Å². The summed E-state index contributed by atoms with van der Waals surface area (Å²) in [5.74, 6) is -1.11. The third kappa shape index (κ3) is 8.26. The molecule has 2 unspecified atom stereocenters. The molecule has 1 aromatic carbocycles. The molecule has 5 atom stereocenters. The first kappa shape index (κ1) is 29.7. The fraction of sp³-hybridized carbons (Fsp3) is 0.708. The molecule has 35 heavy (non-hydrogen) atoms. The van der Waals surface area contributed by atoms with Gasteiger partial charge in [0.25, 0.3) is 0 Å². The van der Waals surface area contributed by atoms with Crippen molar-refractivity contribution in [2.45, 2.75) is 76.1 Å². The molecule has 0 bridgehead atoms. The van der Waals surface area contributed by atoms with Crippen molar-refractivity contribution in [2.24, 2.45) is 0 Å². The number of benzene rings is 1. The lowest BCUT2D eigenvalue weighted by Gasteiger charge is -2.29. The van der Waals surface area contributed by atoms with Crippen LogP contribution in [0, 0.1) is 0 Å². The number of esters is 1. The highest BCUT2D eigenvalue weighted by Crippen LogP contribution is 2.36. The maximum atomic E-state index is 12.9. The Hall–Kier alpha value is -1.50. The van der Waals surface area contributed by atoms with Gasteiger partial charge in [-0.1, -0.05) is 0 Å². The molecule has 2 N–H and O–H groups in total. The van der Waals surface area contributed by atoms with Gasteiger partial charge in [-0.2, -0.15) is 12.6 Å². The largest absolute Gasteiger partial charge is 0.497 e. The molecule has 0 saturated carbocycles. The summed E-state index contributed by atoms with van der Waals surface area (Å²) in [5.41, 5.74) is 0.969. The standard InChI is InChI=1S/C24H37BO9S/c1-14(26)20(25)21(27)22-17(33-24(2,3)34-22)8-6-7-15-11-16(30-5)12-18(32-13-29-4)19(15)23(28)31-9-10-35/h11-12,14,17,20-22,26-27,35H,6-10,13H2,1-5H3/t14-,17-,20?,21?,22-/m0/s1. The smallest absolute Gasteiger partial charge is 0.342 e. The van der Waals surface area contributed by atoms with Gasteiger partial charge < -0.3 is 38.6 Å². The molecule has 196 valence electrons. The van der Waals surface area contributed by atoms with Crippen LogP contribution in [0.3, 0.4) is 0 Å². The average Bonchev–Trinajstić information content (AvgIpc) is 3.13. The zero-order valence-electron chi connectivity index (χ0n) is 21.1. The van der Waals surface area contributed by atoms with E-state index in [9.17, 15) is 15.0 Å². The molecular weight excluding hydrogens is 475 g/mol. The second-order valence-electron chi connectivity index (χ2n) is 8.91. The lowest BCUT2D eigenvalue weighted by atomic mass is 9.75. The van der Waals surface area contributed by atoms with Crippen LogP contribution in [0.4, 0.5) is 0 Å². The van der Waals surface area contributed by atoms with Gasteiger partial charge >= 0.3 is 5.97 Å². The van der Waals surface area contributed by atoms with Crippen LogP contribution in [-0.2, 0) is 25.4 Å². The van der Waals surface area contributed by atoms with Crippen LogP contribution >= 0.6 is 12.6 Å². The number of rotatable bonds is 14. The monoisotopic (exact) mass is 512 g/mol. The van der Waals surface area contributed by atoms with E-state index in [0.29, 0.717) is 47.6 Å². The molecule has 2 radical (unpaired) electrons. The van der Waals surface area contributed by atoms with Crippen molar-refractivity contribution in [3.8, 4) is 11.5 Å². The predicted octanol–water partition coefficient (Wildman–Crippen LogP) is 2.31. The lowest BCUT2D eigenvalue weighted by molar-refractivity contribution is -0.156. The average molecular weight is 512 g/mol. The Morgan fingerprint density at radius 2 is 1.97 bits per heavy atom. The molecule has 9 nitrogen and oxygen atoms in total. The summed E-state index contributed by atoms with van der Waals surface area (Å²) in [6.07, 6.45) is -1.63. The van der Waals surface area contributed by atoms with E-state index in [1.807, 2.05) is 0 Å². The van der Waals surface area contributed by atoms with Crippen LogP contribution < -0.4 is 9.47 Å². The number of ether oxygens (including phenoxy) is 6. The maximum Gasteiger partial charge on any atom is 0.342 e. The molecule has 0 spiro atoms. The van der Waals surface area contributed by atoms with Crippen molar-refractivity contribution in [3.63, 3.8) is 0 Å². The summed E-state index contributed by atoms with van der Waals surface area (Å²) in [6, 6.07) is 3.38. The Morgan fingerprint density at radius 3 is 2.57 bits per heavy atom. The van der Waals surface area contributed by atoms with Crippen LogP contribution in [0.2, 0.25) is 5.82 Å². The van der Waals surface area contributed by atoms with Gasteiger partial charge in [0, 0.05) is 25.0 Å². The zero-order chi connectivity index (χ0) is 26.2. The Bertz CT molecular complexity index is 820. The molecule has 0 aromatic heterocycles. The van der Waals surface area contributed by atoms with E-state index in [1.54, 1.807) is 26.0 Å². The minimum absolute atomic E-state index is 0.0507. The van der Waals surface area contributed by atoms with Crippen LogP contribution in [0.25, 0.3) is 0 Å². The number of hydrogen-bond acceptors (Lipinski definition) is 10. The van der Waals surface area contributed by atoms with E-state index < -0.39 is 42.0 Å². The summed E-state index contributed by atoms with van der Waals surface area (Å²) < 4.78 is 33.3. The summed E-state index contributed by atoms with van der Waals surface area (Å²) >= 11 is 4.10. The van der Waals surface area contributed by atoms with Crippen molar-refractivity contribution in [1.82, 2.24) is 0 Å². The predicted molar refractivity (Wildman–Crippen MR) is 134 cm³/mol. The fourth-order valence-corrected chi connectivity index (χ4v) is 4.10. The molecule has 0 amide bonds. The number of carbonyl (C=O) groups excluding carboxylic acids is 1. The second-order valence-corrected chi connectivity index (χ2v) is 9.36. The summed E-state index contributed by atoms with van der Waals surface area (Å²) in [4.78, 5) is 12.9. The minimum Gasteiger partial charge on any atom is -0.497 e. The fourth-order valence-electron chi connectivity index (χ4n) is 4.01. The zero-order valence-corrected chi connectivity index (χ0v) is 22.0. The highest BCUT2D eigenvalue weighted by Gasteiger charge is 2.46. The Balaban J connectivity index is 2.23. The number of aliphatic hydroxyl groups is 2. The third-order valence-corrected chi connectivity index (χ3v) is 5.88. The van der Waals surface area contributed by atoms with Crippen molar-refractivity contribution in [1.29, 1.82) is 0 Å². The van der Waals surface area contributed by atoms with Crippen LogP contribution in [0.5, 0.6) is 11.5 Å². The van der Waals surface area contributed by atoms with Gasteiger partial charge in [-0.05, 0) is 57.5 Å². The first-order chi connectivity index (χ1) is 16.5. The molecule has 0 aliphatic carbocycles. The lowest BCUT2D eigenvalue weighted by Crippen LogP contribution is -2.41. The third-order valence-electron chi connectivity index (χ3n) is 5.70. The van der Waals surface area contributed by atoms with E-state index in [0.717, 1.165) is 0 Å². The topological polar surface area (TPSA) is 113 Å². The normalized spacial score (nSPS) is 21.8. The van der Waals surface area contributed by atoms with Crippen LogP contribution in [-0.4, -0.2) is 87.6 Å². The number of thiol groups is 1. The Labute approximate surface area is 214 Å². The quantitative estimate of drug-likeness (QED) is 0.150. The van der Waals surface area contributed by atoms with Gasteiger partial charge in [-0.15, -0.1) is 0 Å². The molecule has 1 fully saturated rings. The SMILES string of the molecule is [B]C(C(O)[C@H]1OC(C)(C)O[C@H]1CCCc1cc(OC)cc(OCOC)c1C(=O)OCCS)[C@H](C)O. The van der Waals surface area contributed by atoms with E-state index >= 15 is 0 Å². The number of aryl methyl sites for hydroxylation is 1. The molecule has 1 saturated heterocycles. The highest BCUT2D eigenvalue weighted by molar-refractivity contribution is 7.80. The molecule has 1 aliphatic heterocycles. The van der Waals surface area contributed by atoms with E-state index in [2.05, 4.69) is 12.6 Å². The van der Waals surface area contributed by atoms with E-state index in [1.165, 1.54) is 21.1 Å². The van der Waals surface area contributed by atoms with Crippen molar-refractivity contribution in [2.75, 3.05) is 33.4 Å². The van der Waals surface area contributed by atoms with Gasteiger partial charge in [-0.25, -0.2) is 4.79 Å². The Morgan fingerprint density at radius 1 is 1.26 bits per heavy atom. The van der Waals surface area contributed by atoms with Crippen molar-refractivity contribution in [3.05, 3.63) is 23.3 Å². The summed E-state index contributed by atoms with van der Waals surface area (Å²) in [7, 11) is 8.98. The van der Waals surface area contributed by atoms with Gasteiger partial charge in [0.05, 0.1) is 27.2 Å². The number of aliphatic hydroxyl groups excluding tert-OH is 2. The molecule has 11 heteroatoms. The molecule has 1 heterocycles. The molecule has 1 aliphatic rings. The van der Waals surface area contributed by atoms with Gasteiger partial charge in [0.1, 0.15) is 29.8 Å². The molecular formula is C24H37BO9S. The molecule has 2 rings (SSSR count). The second kappa shape index (κ2) is 13.7. The Kier molecular flexibility index (Phi) is 11.6. The minimum atomic E-state index is -1.11. The van der Waals surface area contributed by atoms with E-state index in [4.69, 9.17) is 36.3 Å². The van der Waals surface area contributed by atoms with Crippen LogP contribution in [0.15, 0.2) is 12.1 Å². The summed E-state index contributed by atoms with van der Waals surface area (Å²) in [5, 5.41) is 20.5. The van der Waals surface area contributed by atoms with Gasteiger partial charge in [-0.3, -0.25) is 0 Å². The summed E-state index contributed by atoms with van der Waals surface area (Å²) in [6.45, 7) is 5.15. The van der Waals surface area contributed by atoms with Crippen molar-refractivity contribution < 1.29 is 43.4 Å². The first-order valence-electron chi connectivity index (χ1n) is 11.6. The van der Waals surface area contributed by atoms with E-state index in [-0.39, 0.29) is 13.4 Å². The van der Waals surface area contributed by atoms with Gasteiger partial charge in [0.2, 0.25) is 0 Å². The number of methoxy groups -OCH3 is 2. The number of hydrogen-bond donors (Lipinski definition) is 3. The van der Waals surface area contributed by atoms with Crippen LogP contribution in [0.1, 0.15) is 49.5 Å². The van der Waals surface area contributed by atoms with Gasteiger partial charge in [0.15, 0.2) is 12.6 Å². The first-order valence-corrected chi connectivity index (χ1v) is 12.3. The number of carbonyl (C=O) groups is 1.